The first-order chi connectivity index (χ1) is 11.1. The number of carbonyl (C=O) groups excluding carboxylic acids is 1. The number of benzene rings is 1. The van der Waals surface area contributed by atoms with Crippen molar-refractivity contribution in [2.75, 3.05) is 26.2 Å². The van der Waals surface area contributed by atoms with E-state index in [4.69, 9.17) is 4.74 Å². The Hall–Kier alpha value is -1.53. The van der Waals surface area contributed by atoms with Crippen molar-refractivity contribution >= 4 is 5.91 Å². The second kappa shape index (κ2) is 6.93. The normalized spacial score (nSPS) is 23.7. The summed E-state index contributed by atoms with van der Waals surface area (Å²) >= 11 is 0. The van der Waals surface area contributed by atoms with Gasteiger partial charge >= 0.3 is 0 Å². The summed E-state index contributed by atoms with van der Waals surface area (Å²) in [6, 6.07) is 3.94. The molecule has 1 atom stereocenters. The van der Waals surface area contributed by atoms with Crippen molar-refractivity contribution in [2.45, 2.75) is 37.2 Å². The highest BCUT2D eigenvalue weighted by Crippen LogP contribution is 2.42. The van der Waals surface area contributed by atoms with Crippen molar-refractivity contribution in [3.63, 3.8) is 0 Å². The summed E-state index contributed by atoms with van der Waals surface area (Å²) in [5.41, 5.74) is -0.548. The second-order valence-corrected chi connectivity index (χ2v) is 6.37. The quantitative estimate of drug-likeness (QED) is 0.889. The Kier molecular flexibility index (Phi) is 4.92. The molecule has 1 aromatic carbocycles. The Bertz CT molecular complexity index is 547. The molecule has 1 heterocycles. The van der Waals surface area contributed by atoms with Crippen molar-refractivity contribution < 1.29 is 18.3 Å². The number of rotatable bonds is 4. The first kappa shape index (κ1) is 16.3. The lowest BCUT2D eigenvalue weighted by molar-refractivity contribution is -0.134. The fourth-order valence-corrected chi connectivity index (χ4v) is 3.68. The van der Waals surface area contributed by atoms with Gasteiger partial charge in [0.1, 0.15) is 17.7 Å². The average molecular weight is 324 g/mol. The summed E-state index contributed by atoms with van der Waals surface area (Å²) in [5, 5.41) is 5.95. The Balaban J connectivity index is 1.75. The number of nitrogens with one attached hydrogen (secondary N) is 2. The van der Waals surface area contributed by atoms with Gasteiger partial charge in [-0.05, 0) is 25.0 Å². The molecule has 1 saturated heterocycles. The van der Waals surface area contributed by atoms with Crippen LogP contribution in [0.4, 0.5) is 8.78 Å². The molecule has 23 heavy (non-hydrogen) atoms. The number of carbonyl (C=O) groups is 1. The summed E-state index contributed by atoms with van der Waals surface area (Å²) < 4.78 is 33.9. The zero-order chi connectivity index (χ0) is 16.3. The lowest BCUT2D eigenvalue weighted by atomic mass is 9.78. The smallest absolute Gasteiger partial charge is 0.250 e. The molecule has 2 aliphatic rings. The van der Waals surface area contributed by atoms with E-state index in [1.807, 2.05) is 0 Å². The van der Waals surface area contributed by atoms with Crippen LogP contribution in [0.1, 0.15) is 31.2 Å². The first-order valence-corrected chi connectivity index (χ1v) is 8.17. The minimum Gasteiger partial charge on any atom is -0.366 e. The van der Waals surface area contributed by atoms with Crippen LogP contribution >= 0.6 is 0 Å². The molecule has 0 radical (unpaired) electrons. The Morgan fingerprint density at radius 3 is 2.61 bits per heavy atom. The van der Waals surface area contributed by atoms with Gasteiger partial charge in [0.2, 0.25) is 5.91 Å². The van der Waals surface area contributed by atoms with Crippen molar-refractivity contribution in [3.8, 4) is 0 Å². The number of ether oxygens (including phenoxy) is 1. The van der Waals surface area contributed by atoms with E-state index in [1.54, 1.807) is 0 Å². The van der Waals surface area contributed by atoms with E-state index < -0.39 is 23.2 Å². The van der Waals surface area contributed by atoms with Gasteiger partial charge in [-0.25, -0.2) is 8.78 Å². The van der Waals surface area contributed by atoms with Crippen molar-refractivity contribution in [2.24, 2.45) is 0 Å². The predicted octanol–water partition coefficient (Wildman–Crippen LogP) is 1.88. The van der Waals surface area contributed by atoms with Crippen LogP contribution in [-0.4, -0.2) is 38.3 Å². The van der Waals surface area contributed by atoms with Gasteiger partial charge in [0, 0.05) is 30.6 Å². The maximum absolute atomic E-state index is 14.2. The van der Waals surface area contributed by atoms with Gasteiger partial charge < -0.3 is 15.4 Å². The fraction of sp³-hybridized carbons (Fsp3) is 0.588. The number of hydrogen-bond donors (Lipinski definition) is 2. The van der Waals surface area contributed by atoms with E-state index in [-0.39, 0.29) is 18.0 Å². The first-order valence-electron chi connectivity index (χ1n) is 8.17. The third-order valence-corrected chi connectivity index (χ3v) is 4.87. The minimum absolute atomic E-state index is 0.112. The van der Waals surface area contributed by atoms with E-state index in [1.165, 1.54) is 18.2 Å². The molecule has 0 spiro atoms. The summed E-state index contributed by atoms with van der Waals surface area (Å²) in [6.45, 7) is 1.93. The summed E-state index contributed by atoms with van der Waals surface area (Å²) in [7, 11) is 0. The molecule has 6 heteroatoms. The molecule has 0 aromatic heterocycles. The molecular weight excluding hydrogens is 302 g/mol. The third kappa shape index (κ3) is 3.38. The fourth-order valence-electron chi connectivity index (χ4n) is 3.68. The lowest BCUT2D eigenvalue weighted by Crippen LogP contribution is -2.50. The van der Waals surface area contributed by atoms with Crippen LogP contribution < -0.4 is 10.6 Å². The van der Waals surface area contributed by atoms with Gasteiger partial charge in [-0.15, -0.1) is 0 Å². The second-order valence-electron chi connectivity index (χ2n) is 6.37. The minimum atomic E-state index is -0.660. The van der Waals surface area contributed by atoms with Gasteiger partial charge in [0.05, 0.1) is 6.61 Å². The van der Waals surface area contributed by atoms with E-state index in [9.17, 15) is 13.6 Å². The van der Waals surface area contributed by atoms with Crippen LogP contribution in [0.5, 0.6) is 0 Å². The summed E-state index contributed by atoms with van der Waals surface area (Å²) in [4.78, 5) is 12.2. The van der Waals surface area contributed by atoms with Gasteiger partial charge in [-0.3, -0.25) is 4.79 Å². The van der Waals surface area contributed by atoms with E-state index >= 15 is 0 Å². The maximum Gasteiger partial charge on any atom is 0.250 e. The molecule has 1 saturated carbocycles. The molecule has 126 valence electrons. The molecule has 2 fully saturated rings. The van der Waals surface area contributed by atoms with Gasteiger partial charge in [-0.1, -0.05) is 18.9 Å². The van der Waals surface area contributed by atoms with Crippen molar-refractivity contribution in [1.29, 1.82) is 0 Å². The zero-order valence-electron chi connectivity index (χ0n) is 13.0. The highest BCUT2D eigenvalue weighted by Gasteiger charge is 2.40. The molecule has 1 aromatic rings. The van der Waals surface area contributed by atoms with Crippen LogP contribution in [-0.2, 0) is 14.9 Å². The molecule has 1 unspecified atom stereocenters. The topological polar surface area (TPSA) is 50.4 Å². The Morgan fingerprint density at radius 2 is 2.00 bits per heavy atom. The molecule has 2 N–H and O–H groups in total. The number of halogens is 2. The maximum atomic E-state index is 14.2. The standard InChI is InChI=1S/C17H22F2N2O2/c18-12-4-3-5-13(19)15(12)17(6-1-2-7-17)11-21-16(22)14-10-20-8-9-23-14/h3-5,14,20H,1-2,6-11H2,(H,21,22). The highest BCUT2D eigenvalue weighted by molar-refractivity contribution is 5.81. The average Bonchev–Trinajstić information content (AvgIpc) is 3.03. The molecule has 1 aliphatic carbocycles. The van der Waals surface area contributed by atoms with Crippen LogP contribution in [0, 0.1) is 11.6 Å². The number of hydrogen-bond acceptors (Lipinski definition) is 3. The van der Waals surface area contributed by atoms with Crippen LogP contribution in [0.2, 0.25) is 0 Å². The monoisotopic (exact) mass is 324 g/mol. The van der Waals surface area contributed by atoms with Gasteiger partial charge in [-0.2, -0.15) is 0 Å². The Labute approximate surface area is 134 Å². The molecule has 1 amide bonds. The van der Waals surface area contributed by atoms with Crippen molar-refractivity contribution in [3.05, 3.63) is 35.4 Å². The third-order valence-electron chi connectivity index (χ3n) is 4.87. The Morgan fingerprint density at radius 1 is 1.30 bits per heavy atom. The molecule has 1 aliphatic heterocycles. The molecule has 3 rings (SSSR count). The van der Waals surface area contributed by atoms with Gasteiger partial charge in [0.15, 0.2) is 0 Å². The molecule has 4 nitrogen and oxygen atoms in total. The SMILES string of the molecule is O=C(NCC1(c2c(F)cccc2F)CCCC1)C1CNCCO1. The van der Waals surface area contributed by atoms with E-state index in [0.29, 0.717) is 26.0 Å². The zero-order valence-corrected chi connectivity index (χ0v) is 13.0. The van der Waals surface area contributed by atoms with Crippen LogP contribution in [0.3, 0.4) is 0 Å². The van der Waals surface area contributed by atoms with Crippen LogP contribution in [0.15, 0.2) is 18.2 Å². The molecule has 0 bridgehead atoms. The highest BCUT2D eigenvalue weighted by atomic mass is 19.1. The number of amides is 1. The summed E-state index contributed by atoms with van der Waals surface area (Å²) in [6.07, 6.45) is 2.63. The van der Waals surface area contributed by atoms with Crippen LogP contribution in [0.25, 0.3) is 0 Å². The summed E-state index contributed by atoms with van der Waals surface area (Å²) in [5.74, 6) is -1.28. The van der Waals surface area contributed by atoms with Crippen molar-refractivity contribution in [1.82, 2.24) is 10.6 Å². The largest absolute Gasteiger partial charge is 0.366 e. The van der Waals surface area contributed by atoms with E-state index in [0.717, 1.165) is 19.4 Å². The molecular formula is C17H22F2N2O2. The lowest BCUT2D eigenvalue weighted by Gasteiger charge is -2.32. The van der Waals surface area contributed by atoms with Gasteiger partial charge in [0.25, 0.3) is 0 Å². The van der Waals surface area contributed by atoms with E-state index in [2.05, 4.69) is 10.6 Å². The number of morpholine rings is 1. The predicted molar refractivity (Wildman–Crippen MR) is 82.1 cm³/mol.